The van der Waals surface area contributed by atoms with E-state index in [0.29, 0.717) is 12.2 Å². The topological polar surface area (TPSA) is 47.8 Å². The van der Waals surface area contributed by atoms with Crippen molar-refractivity contribution in [1.29, 1.82) is 0 Å². The van der Waals surface area contributed by atoms with Gasteiger partial charge in [0.15, 0.2) is 17.8 Å². The summed E-state index contributed by atoms with van der Waals surface area (Å²) in [4.78, 5) is 15.2. The Bertz CT molecular complexity index is 765. The van der Waals surface area contributed by atoms with Crippen molar-refractivity contribution >= 4 is 6.29 Å². The van der Waals surface area contributed by atoms with Crippen molar-refractivity contribution in [2.24, 2.45) is 5.41 Å². The molecule has 0 radical (unpaired) electrons. The van der Waals surface area contributed by atoms with Crippen LogP contribution in [0.25, 0.3) is 0 Å². The highest BCUT2D eigenvalue weighted by atomic mass is 19.1. The number of fused-ring (bicyclic) bond motifs is 1. The van der Waals surface area contributed by atoms with Gasteiger partial charge in [-0.05, 0) is 25.0 Å². The lowest BCUT2D eigenvalue weighted by molar-refractivity contribution is -0.112. The lowest BCUT2D eigenvalue weighted by Crippen LogP contribution is -2.13. The number of hydrogen-bond acceptors (Lipinski definition) is 3. The maximum Gasteiger partial charge on any atom is 0.162 e. The zero-order chi connectivity index (χ0) is 16.2. The first kappa shape index (κ1) is 14.4. The van der Waals surface area contributed by atoms with Gasteiger partial charge in [-0.3, -0.25) is 0 Å². The Morgan fingerprint density at radius 1 is 1.30 bits per heavy atom. The van der Waals surface area contributed by atoms with Crippen molar-refractivity contribution in [3.8, 4) is 0 Å². The maximum atomic E-state index is 14.2. The van der Waals surface area contributed by atoms with Crippen LogP contribution in [0.3, 0.4) is 0 Å². The number of halogens is 3. The van der Waals surface area contributed by atoms with Crippen LogP contribution in [0, 0.1) is 17.0 Å². The number of aromatic nitrogens is 3. The molecule has 0 unspecified atom stereocenters. The van der Waals surface area contributed by atoms with Gasteiger partial charge in [0.1, 0.15) is 17.9 Å². The van der Waals surface area contributed by atoms with E-state index in [-0.39, 0.29) is 17.8 Å². The standard InChI is InChI=1S/C16H14F3N3O/c17-9-2-1-3-10(18)14(9)12-6-11(19)15-20-13(21-22(12)15)7-16(8-23)4-5-16/h1-3,8,11-12H,4-7H2/t11-,12-/m0/s1. The lowest BCUT2D eigenvalue weighted by atomic mass is 10.0. The van der Waals surface area contributed by atoms with E-state index in [1.54, 1.807) is 0 Å². The van der Waals surface area contributed by atoms with E-state index < -0.39 is 29.3 Å². The van der Waals surface area contributed by atoms with Gasteiger partial charge in [0.05, 0.1) is 6.04 Å². The number of alkyl halides is 1. The summed E-state index contributed by atoms with van der Waals surface area (Å²) in [6, 6.07) is 2.71. The Morgan fingerprint density at radius 3 is 2.61 bits per heavy atom. The van der Waals surface area contributed by atoms with E-state index in [0.717, 1.165) is 31.3 Å². The second kappa shape index (κ2) is 4.91. The molecular formula is C16H14F3N3O. The molecule has 0 amide bonds. The summed E-state index contributed by atoms with van der Waals surface area (Å²) in [7, 11) is 0. The van der Waals surface area contributed by atoms with E-state index in [2.05, 4.69) is 10.1 Å². The van der Waals surface area contributed by atoms with Gasteiger partial charge in [-0.15, -0.1) is 0 Å². The number of hydrogen-bond donors (Lipinski definition) is 0. The largest absolute Gasteiger partial charge is 0.303 e. The van der Waals surface area contributed by atoms with E-state index in [1.165, 1.54) is 10.7 Å². The molecule has 23 heavy (non-hydrogen) atoms. The minimum Gasteiger partial charge on any atom is -0.303 e. The predicted octanol–water partition coefficient (Wildman–Crippen LogP) is 3.08. The van der Waals surface area contributed by atoms with Crippen LogP contribution in [0.1, 0.15) is 48.7 Å². The van der Waals surface area contributed by atoms with Crippen LogP contribution in [-0.4, -0.2) is 21.1 Å². The Morgan fingerprint density at radius 2 is 2.00 bits per heavy atom. The Labute approximate surface area is 130 Å². The summed E-state index contributed by atoms with van der Waals surface area (Å²) in [6.07, 6.45) is 1.25. The summed E-state index contributed by atoms with van der Waals surface area (Å²) >= 11 is 0. The van der Waals surface area contributed by atoms with Crippen molar-refractivity contribution in [1.82, 2.24) is 14.8 Å². The molecule has 4 rings (SSSR count). The fourth-order valence-corrected chi connectivity index (χ4v) is 3.18. The minimum absolute atomic E-state index is 0.0781. The van der Waals surface area contributed by atoms with Gasteiger partial charge >= 0.3 is 0 Å². The van der Waals surface area contributed by atoms with E-state index in [4.69, 9.17) is 0 Å². The van der Waals surface area contributed by atoms with Crippen LogP contribution in [0.4, 0.5) is 13.2 Å². The van der Waals surface area contributed by atoms with Crippen molar-refractivity contribution in [2.75, 3.05) is 0 Å². The molecule has 1 aliphatic carbocycles. The van der Waals surface area contributed by atoms with Gasteiger partial charge in [0.25, 0.3) is 0 Å². The fraction of sp³-hybridized carbons (Fsp3) is 0.438. The zero-order valence-corrected chi connectivity index (χ0v) is 12.2. The van der Waals surface area contributed by atoms with Gasteiger partial charge in [0.2, 0.25) is 0 Å². The van der Waals surface area contributed by atoms with E-state index >= 15 is 0 Å². The second-order valence-electron chi connectivity index (χ2n) is 6.34. The van der Waals surface area contributed by atoms with Crippen LogP contribution in [0.5, 0.6) is 0 Å². The third-order valence-electron chi connectivity index (χ3n) is 4.69. The van der Waals surface area contributed by atoms with Crippen LogP contribution in [-0.2, 0) is 11.2 Å². The van der Waals surface area contributed by atoms with Crippen LogP contribution >= 0.6 is 0 Å². The van der Waals surface area contributed by atoms with Gasteiger partial charge in [-0.1, -0.05) is 6.07 Å². The third-order valence-corrected chi connectivity index (χ3v) is 4.69. The van der Waals surface area contributed by atoms with Crippen molar-refractivity contribution in [3.63, 3.8) is 0 Å². The molecule has 0 spiro atoms. The van der Waals surface area contributed by atoms with E-state index in [1.807, 2.05) is 0 Å². The quantitative estimate of drug-likeness (QED) is 0.813. The Hall–Kier alpha value is -2.18. The first-order valence-electron chi connectivity index (χ1n) is 7.53. The van der Waals surface area contributed by atoms with Gasteiger partial charge in [-0.2, -0.15) is 5.10 Å². The molecule has 2 aliphatic rings. The van der Waals surface area contributed by atoms with Crippen molar-refractivity contribution in [2.45, 2.75) is 37.9 Å². The summed E-state index contributed by atoms with van der Waals surface area (Å²) in [6.45, 7) is 0. The average molecular weight is 321 g/mol. The van der Waals surface area contributed by atoms with E-state index in [9.17, 15) is 18.0 Å². The number of carbonyl (C=O) groups excluding carboxylic acids is 1. The fourth-order valence-electron chi connectivity index (χ4n) is 3.18. The molecule has 0 N–H and O–H groups in total. The Kier molecular flexibility index (Phi) is 3.08. The highest BCUT2D eigenvalue weighted by Gasteiger charge is 2.45. The first-order valence-corrected chi connectivity index (χ1v) is 7.53. The van der Waals surface area contributed by atoms with Gasteiger partial charge < -0.3 is 4.79 Å². The highest BCUT2D eigenvalue weighted by molar-refractivity contribution is 5.63. The molecule has 1 aromatic heterocycles. The van der Waals surface area contributed by atoms with Crippen molar-refractivity contribution < 1.29 is 18.0 Å². The Balaban J connectivity index is 1.72. The normalized spacial score (nSPS) is 24.5. The maximum absolute atomic E-state index is 14.2. The summed E-state index contributed by atoms with van der Waals surface area (Å²) in [5, 5.41) is 4.23. The average Bonchev–Trinajstić information content (AvgIpc) is 3.06. The molecule has 4 nitrogen and oxygen atoms in total. The van der Waals surface area contributed by atoms with Gasteiger partial charge in [0, 0.05) is 23.8 Å². The SMILES string of the molecule is O=CC1(Cc2nc3n(n2)[C@H](c2c(F)cccc2F)C[C@@H]3F)CC1. The molecule has 0 bridgehead atoms. The number of rotatable bonds is 4. The molecule has 1 saturated carbocycles. The smallest absolute Gasteiger partial charge is 0.162 e. The molecule has 2 atom stereocenters. The van der Waals surface area contributed by atoms with Crippen LogP contribution in [0.2, 0.25) is 0 Å². The highest BCUT2D eigenvalue weighted by Crippen LogP contribution is 2.47. The predicted molar refractivity (Wildman–Crippen MR) is 74.4 cm³/mol. The summed E-state index contributed by atoms with van der Waals surface area (Å²) in [5.74, 6) is -1.01. The first-order chi connectivity index (χ1) is 11.0. The minimum atomic E-state index is -1.42. The molecular weight excluding hydrogens is 307 g/mol. The van der Waals surface area contributed by atoms with Crippen molar-refractivity contribution in [3.05, 3.63) is 47.0 Å². The second-order valence-corrected chi connectivity index (χ2v) is 6.34. The number of benzene rings is 1. The van der Waals surface area contributed by atoms with Gasteiger partial charge in [-0.25, -0.2) is 22.8 Å². The molecule has 2 heterocycles. The van der Waals surface area contributed by atoms with Crippen LogP contribution < -0.4 is 0 Å². The molecule has 120 valence electrons. The third kappa shape index (κ3) is 2.26. The monoisotopic (exact) mass is 321 g/mol. The molecule has 2 aromatic rings. The number of carbonyl (C=O) groups is 1. The summed E-state index contributed by atoms with van der Waals surface area (Å²) in [5.41, 5.74) is -0.630. The molecule has 1 aromatic carbocycles. The molecule has 7 heteroatoms. The lowest BCUT2D eigenvalue weighted by Gasteiger charge is -2.13. The molecule has 0 saturated heterocycles. The number of nitrogens with zero attached hydrogens (tertiary/aromatic N) is 3. The molecule has 1 fully saturated rings. The zero-order valence-electron chi connectivity index (χ0n) is 12.2. The number of aldehydes is 1. The summed E-state index contributed by atoms with van der Waals surface area (Å²) < 4.78 is 43.5. The van der Waals surface area contributed by atoms with Crippen LogP contribution in [0.15, 0.2) is 18.2 Å². The molecule has 1 aliphatic heterocycles.